The van der Waals surface area contributed by atoms with Crippen molar-refractivity contribution in [2.45, 2.75) is 64.7 Å². The van der Waals surface area contributed by atoms with E-state index < -0.39 is 0 Å². The molecule has 0 aromatic carbocycles. The zero-order valence-electron chi connectivity index (χ0n) is 13.5. The first kappa shape index (κ1) is 19.8. The molecule has 0 saturated carbocycles. The highest BCUT2D eigenvalue weighted by Crippen LogP contribution is 1.97. The molecule has 1 heteroatoms. The average molecular weight is 292 g/mol. The summed E-state index contributed by atoms with van der Waals surface area (Å²) in [6.07, 6.45) is 7.15. The van der Waals surface area contributed by atoms with Gasteiger partial charge in [0, 0.05) is 19.4 Å². The van der Waals surface area contributed by atoms with E-state index in [9.17, 15) is 0 Å². The lowest BCUT2D eigenvalue weighted by Gasteiger charge is -1.90. The van der Waals surface area contributed by atoms with Crippen molar-refractivity contribution in [2.24, 2.45) is 0 Å². The van der Waals surface area contributed by atoms with Gasteiger partial charge in [-0.1, -0.05) is 60.7 Å². The van der Waals surface area contributed by atoms with Crippen molar-refractivity contribution < 1.29 is 5.11 Å². The quantitative estimate of drug-likeness (QED) is 0.621. The molecule has 0 spiro atoms. The van der Waals surface area contributed by atoms with Crippen molar-refractivity contribution in [1.82, 2.24) is 0 Å². The number of unbranched alkanes of at least 4 members (excludes halogenated alkanes) is 3. The van der Waals surface area contributed by atoms with Crippen LogP contribution < -0.4 is 0 Å². The van der Waals surface area contributed by atoms with E-state index in [-0.39, 0.29) is 6.61 Å². The smallest absolute Gasteiger partial charge is 0.0703 e. The summed E-state index contributed by atoms with van der Waals surface area (Å²) in [5.74, 6) is 29.9. The summed E-state index contributed by atoms with van der Waals surface area (Å²) in [5, 5.41) is 8.62. The lowest BCUT2D eigenvalue weighted by atomic mass is 10.2. The highest BCUT2D eigenvalue weighted by molar-refractivity contribution is 5.19. The van der Waals surface area contributed by atoms with Gasteiger partial charge in [0.2, 0.25) is 0 Å². The van der Waals surface area contributed by atoms with Crippen LogP contribution in [-0.2, 0) is 0 Å². The van der Waals surface area contributed by atoms with Crippen molar-refractivity contribution in [3.63, 3.8) is 0 Å². The number of hydrogen-bond acceptors (Lipinski definition) is 1. The van der Waals surface area contributed by atoms with Crippen LogP contribution in [0.5, 0.6) is 0 Å². The third kappa shape index (κ3) is 17.8. The molecule has 0 amide bonds. The Morgan fingerprint density at radius 2 is 1.00 bits per heavy atom. The molecule has 0 heterocycles. The molecule has 0 radical (unpaired) electrons. The maximum Gasteiger partial charge on any atom is 0.0703 e. The van der Waals surface area contributed by atoms with Crippen molar-refractivity contribution >= 4 is 0 Å². The molecule has 0 rings (SSSR count). The second-order valence-electron chi connectivity index (χ2n) is 4.36. The molecule has 114 valence electrons. The van der Waals surface area contributed by atoms with Crippen molar-refractivity contribution in [2.75, 3.05) is 6.61 Å². The zero-order chi connectivity index (χ0) is 16.1. The molecule has 0 unspecified atom stereocenters. The van der Waals surface area contributed by atoms with E-state index in [1.54, 1.807) is 0 Å². The summed E-state index contributed by atoms with van der Waals surface area (Å²) in [6.45, 7) is 2.30. The highest BCUT2D eigenvalue weighted by atomic mass is 16.2. The van der Waals surface area contributed by atoms with Gasteiger partial charge in [-0.15, -0.1) is 11.8 Å². The summed E-state index contributed by atoms with van der Waals surface area (Å²) in [5.41, 5.74) is 0. The minimum atomic E-state index is 0.276. The standard InChI is InChI=1S/C21H24O/c1-2-3-4-5-6-7-8-9-10-11-12-13-14-15-16-17-18-19-20-21-22/h22H,2,5,8,11,14,17-21H2,1H3. The summed E-state index contributed by atoms with van der Waals surface area (Å²) < 4.78 is 0. The van der Waals surface area contributed by atoms with Crippen LogP contribution in [0.25, 0.3) is 0 Å². The Hall–Kier alpha value is -2.24. The molecule has 0 fully saturated rings. The van der Waals surface area contributed by atoms with Gasteiger partial charge in [-0.25, -0.2) is 0 Å². The molecule has 0 atom stereocenters. The van der Waals surface area contributed by atoms with Crippen LogP contribution in [0.1, 0.15) is 64.7 Å². The Morgan fingerprint density at radius 1 is 0.545 bits per heavy atom. The van der Waals surface area contributed by atoms with E-state index in [4.69, 9.17) is 5.11 Å². The maximum atomic E-state index is 8.62. The molecule has 0 aliphatic carbocycles. The number of rotatable bonds is 4. The molecule has 0 bridgehead atoms. The summed E-state index contributed by atoms with van der Waals surface area (Å²) >= 11 is 0. The van der Waals surface area contributed by atoms with Gasteiger partial charge in [0.05, 0.1) is 25.7 Å². The number of hydrogen-bond donors (Lipinski definition) is 1. The molecular formula is C21H24O. The molecule has 0 aliphatic heterocycles. The molecule has 0 saturated heterocycles. The summed E-state index contributed by atoms with van der Waals surface area (Å²) in [4.78, 5) is 0. The molecule has 0 aliphatic rings. The van der Waals surface area contributed by atoms with Crippen LogP contribution in [0.3, 0.4) is 0 Å². The van der Waals surface area contributed by atoms with Crippen LogP contribution in [0.15, 0.2) is 0 Å². The van der Waals surface area contributed by atoms with Gasteiger partial charge < -0.3 is 5.11 Å². The topological polar surface area (TPSA) is 20.2 Å². The Kier molecular flexibility index (Phi) is 16.8. The fraction of sp³-hybridized carbons (Fsp3) is 0.524. The predicted molar refractivity (Wildman–Crippen MR) is 93.2 cm³/mol. The van der Waals surface area contributed by atoms with E-state index >= 15 is 0 Å². The van der Waals surface area contributed by atoms with Crippen molar-refractivity contribution in [3.8, 4) is 59.2 Å². The minimum absolute atomic E-state index is 0.276. The van der Waals surface area contributed by atoms with Crippen LogP contribution in [0, 0.1) is 59.2 Å². The summed E-state index contributed by atoms with van der Waals surface area (Å²) in [7, 11) is 0. The first-order valence-electron chi connectivity index (χ1n) is 7.81. The molecule has 22 heavy (non-hydrogen) atoms. The van der Waals surface area contributed by atoms with Crippen molar-refractivity contribution in [1.29, 1.82) is 0 Å². The van der Waals surface area contributed by atoms with E-state index in [1.165, 1.54) is 0 Å². The molecule has 0 aromatic heterocycles. The lowest BCUT2D eigenvalue weighted by Crippen LogP contribution is -1.81. The maximum absolute atomic E-state index is 8.62. The first-order chi connectivity index (χ1) is 10.9. The van der Waals surface area contributed by atoms with Gasteiger partial charge in [-0.05, 0) is 12.8 Å². The minimum Gasteiger partial charge on any atom is -0.396 e. The molecule has 1 N–H and O–H groups in total. The largest absolute Gasteiger partial charge is 0.396 e. The van der Waals surface area contributed by atoms with Crippen molar-refractivity contribution in [3.05, 3.63) is 0 Å². The van der Waals surface area contributed by atoms with Gasteiger partial charge in [-0.2, -0.15) is 0 Å². The fourth-order valence-corrected chi connectivity index (χ4v) is 1.39. The zero-order valence-corrected chi connectivity index (χ0v) is 13.5. The van der Waals surface area contributed by atoms with E-state index in [0.717, 1.165) is 32.1 Å². The van der Waals surface area contributed by atoms with E-state index in [2.05, 4.69) is 59.2 Å². The Balaban J connectivity index is 3.60. The van der Waals surface area contributed by atoms with Gasteiger partial charge in [0.15, 0.2) is 0 Å². The van der Waals surface area contributed by atoms with Gasteiger partial charge in [0.1, 0.15) is 0 Å². The fourth-order valence-electron chi connectivity index (χ4n) is 1.39. The molecular weight excluding hydrogens is 268 g/mol. The number of aliphatic hydroxyl groups excluding tert-OH is 1. The normalized spacial score (nSPS) is 7.55. The van der Waals surface area contributed by atoms with E-state index in [0.29, 0.717) is 25.7 Å². The van der Waals surface area contributed by atoms with Crippen LogP contribution in [0.4, 0.5) is 0 Å². The van der Waals surface area contributed by atoms with Crippen LogP contribution >= 0.6 is 0 Å². The highest BCUT2D eigenvalue weighted by Gasteiger charge is 1.83. The lowest BCUT2D eigenvalue weighted by molar-refractivity contribution is 0.283. The Morgan fingerprint density at radius 3 is 1.45 bits per heavy atom. The van der Waals surface area contributed by atoms with Gasteiger partial charge >= 0.3 is 0 Å². The summed E-state index contributed by atoms with van der Waals surface area (Å²) in [6, 6.07) is 0. The second kappa shape index (κ2) is 18.8. The average Bonchev–Trinajstić information content (AvgIpc) is 2.54. The van der Waals surface area contributed by atoms with Gasteiger partial charge in [-0.3, -0.25) is 0 Å². The SMILES string of the molecule is CCC#CCC#CCC#CCC#CCC#CCCCCCO. The molecule has 1 nitrogen and oxygen atoms in total. The third-order valence-corrected chi connectivity index (χ3v) is 2.47. The monoisotopic (exact) mass is 292 g/mol. The van der Waals surface area contributed by atoms with E-state index in [1.807, 2.05) is 6.92 Å². The second-order valence-corrected chi connectivity index (χ2v) is 4.36. The van der Waals surface area contributed by atoms with Gasteiger partial charge in [0.25, 0.3) is 0 Å². The van der Waals surface area contributed by atoms with Crippen LogP contribution in [-0.4, -0.2) is 11.7 Å². The number of aliphatic hydroxyl groups is 1. The molecule has 0 aromatic rings. The van der Waals surface area contributed by atoms with Crippen LogP contribution in [0.2, 0.25) is 0 Å². The third-order valence-electron chi connectivity index (χ3n) is 2.47. The predicted octanol–water partition coefficient (Wildman–Crippen LogP) is 3.53. The Labute approximate surface area is 136 Å². The Bertz CT molecular complexity index is 570. The first-order valence-corrected chi connectivity index (χ1v) is 7.81.